The standard InChI is InChI=1S/C12H16N4O3/c1-12(11(14)19)4-5-16(6-12)9-7(13)2-3-8(15-9)10(17)18/h2-3H,4-6,13H2,1H3,(H2,14,19)(H,17,18). The molecule has 0 aliphatic carbocycles. The van der Waals surface area contributed by atoms with Crippen molar-refractivity contribution in [2.75, 3.05) is 23.7 Å². The van der Waals surface area contributed by atoms with Gasteiger partial charge in [0.25, 0.3) is 0 Å². The molecule has 1 aromatic heterocycles. The number of carboxylic acids is 1. The number of aromatic nitrogens is 1. The summed E-state index contributed by atoms with van der Waals surface area (Å²) in [5, 5.41) is 8.94. The van der Waals surface area contributed by atoms with Crippen LogP contribution in [-0.2, 0) is 4.79 Å². The van der Waals surface area contributed by atoms with Gasteiger partial charge in [-0.05, 0) is 25.5 Å². The molecule has 7 nitrogen and oxygen atoms in total. The maximum Gasteiger partial charge on any atom is 0.354 e. The molecule has 1 aliphatic heterocycles. The summed E-state index contributed by atoms with van der Waals surface area (Å²) in [4.78, 5) is 28.2. The van der Waals surface area contributed by atoms with Gasteiger partial charge in [-0.15, -0.1) is 0 Å². The number of carbonyl (C=O) groups excluding carboxylic acids is 1. The number of rotatable bonds is 3. The highest BCUT2D eigenvalue weighted by atomic mass is 16.4. The summed E-state index contributed by atoms with van der Waals surface area (Å²) in [7, 11) is 0. The zero-order chi connectivity index (χ0) is 14.2. The largest absolute Gasteiger partial charge is 0.477 e. The van der Waals surface area contributed by atoms with E-state index < -0.39 is 11.4 Å². The highest BCUT2D eigenvalue weighted by molar-refractivity contribution is 5.87. The van der Waals surface area contributed by atoms with Crippen LogP contribution in [0.3, 0.4) is 0 Å². The molecular weight excluding hydrogens is 248 g/mol. The van der Waals surface area contributed by atoms with Crippen molar-refractivity contribution < 1.29 is 14.7 Å². The second-order valence-corrected chi connectivity index (χ2v) is 5.01. The van der Waals surface area contributed by atoms with E-state index in [1.54, 1.807) is 11.8 Å². The molecule has 19 heavy (non-hydrogen) atoms. The van der Waals surface area contributed by atoms with Gasteiger partial charge in [-0.25, -0.2) is 9.78 Å². The Balaban J connectivity index is 2.31. The number of amides is 1. The zero-order valence-electron chi connectivity index (χ0n) is 10.6. The Morgan fingerprint density at radius 3 is 2.68 bits per heavy atom. The summed E-state index contributed by atoms with van der Waals surface area (Å²) in [5.41, 5.74) is 10.9. The fraction of sp³-hybridized carbons (Fsp3) is 0.417. The molecule has 1 saturated heterocycles. The molecule has 7 heteroatoms. The lowest BCUT2D eigenvalue weighted by atomic mass is 9.89. The number of hydrogen-bond acceptors (Lipinski definition) is 5. The van der Waals surface area contributed by atoms with Crippen molar-refractivity contribution in [3.8, 4) is 0 Å². The molecule has 2 rings (SSSR count). The number of nitrogens with two attached hydrogens (primary N) is 2. The molecule has 0 radical (unpaired) electrons. The highest BCUT2D eigenvalue weighted by Crippen LogP contribution is 2.34. The van der Waals surface area contributed by atoms with Crippen LogP contribution in [0, 0.1) is 5.41 Å². The molecule has 0 aromatic carbocycles. The Labute approximate surface area is 110 Å². The maximum absolute atomic E-state index is 11.4. The van der Waals surface area contributed by atoms with E-state index in [0.717, 1.165) is 0 Å². The molecule has 0 spiro atoms. The molecule has 2 heterocycles. The monoisotopic (exact) mass is 264 g/mol. The maximum atomic E-state index is 11.4. The predicted molar refractivity (Wildman–Crippen MR) is 69.7 cm³/mol. The molecule has 0 saturated carbocycles. The molecule has 1 aliphatic rings. The number of hydrogen-bond donors (Lipinski definition) is 3. The molecule has 1 atom stereocenters. The second kappa shape index (κ2) is 4.42. The van der Waals surface area contributed by atoms with Crippen LogP contribution in [0.15, 0.2) is 12.1 Å². The Hall–Kier alpha value is -2.31. The minimum atomic E-state index is -1.11. The van der Waals surface area contributed by atoms with E-state index in [1.165, 1.54) is 12.1 Å². The number of pyridine rings is 1. The third kappa shape index (κ3) is 2.31. The van der Waals surface area contributed by atoms with E-state index in [-0.39, 0.29) is 11.6 Å². The van der Waals surface area contributed by atoms with E-state index in [9.17, 15) is 9.59 Å². The van der Waals surface area contributed by atoms with E-state index in [1.807, 2.05) is 0 Å². The van der Waals surface area contributed by atoms with Crippen molar-refractivity contribution in [1.82, 2.24) is 4.98 Å². The summed E-state index contributed by atoms with van der Waals surface area (Å²) in [6.45, 7) is 2.74. The number of primary amides is 1. The van der Waals surface area contributed by atoms with Crippen molar-refractivity contribution in [2.45, 2.75) is 13.3 Å². The van der Waals surface area contributed by atoms with Gasteiger partial charge in [-0.1, -0.05) is 0 Å². The molecule has 1 unspecified atom stereocenters. The molecule has 1 amide bonds. The topological polar surface area (TPSA) is 123 Å². The van der Waals surface area contributed by atoms with Crippen LogP contribution in [0.2, 0.25) is 0 Å². The average Bonchev–Trinajstić information content (AvgIpc) is 2.73. The van der Waals surface area contributed by atoms with Crippen LogP contribution in [-0.4, -0.2) is 35.1 Å². The second-order valence-electron chi connectivity index (χ2n) is 5.01. The normalized spacial score (nSPS) is 22.5. The summed E-state index contributed by atoms with van der Waals surface area (Å²) in [5.74, 6) is -1.09. The van der Waals surface area contributed by atoms with Gasteiger partial charge in [0.15, 0.2) is 11.5 Å². The molecule has 5 N–H and O–H groups in total. The Kier molecular flexibility index (Phi) is 3.05. The van der Waals surface area contributed by atoms with Crippen molar-refractivity contribution in [3.05, 3.63) is 17.8 Å². The zero-order valence-corrected chi connectivity index (χ0v) is 10.6. The predicted octanol–water partition coefficient (Wildman–Crippen LogP) is 0.0637. The van der Waals surface area contributed by atoms with Crippen LogP contribution in [0.5, 0.6) is 0 Å². The van der Waals surface area contributed by atoms with E-state index in [2.05, 4.69) is 4.98 Å². The van der Waals surface area contributed by atoms with Crippen LogP contribution >= 0.6 is 0 Å². The Morgan fingerprint density at radius 2 is 2.16 bits per heavy atom. The van der Waals surface area contributed by atoms with Gasteiger partial charge < -0.3 is 21.5 Å². The molecule has 1 aromatic rings. The van der Waals surface area contributed by atoms with Gasteiger partial charge in [-0.3, -0.25) is 4.79 Å². The number of carbonyl (C=O) groups is 2. The van der Waals surface area contributed by atoms with Crippen molar-refractivity contribution >= 4 is 23.4 Å². The first kappa shape index (κ1) is 13.1. The third-order valence-electron chi connectivity index (χ3n) is 3.49. The molecular formula is C12H16N4O3. The average molecular weight is 264 g/mol. The van der Waals surface area contributed by atoms with Gasteiger partial charge in [-0.2, -0.15) is 0 Å². The number of nitrogens with zero attached hydrogens (tertiary/aromatic N) is 2. The number of aromatic carboxylic acids is 1. The minimum Gasteiger partial charge on any atom is -0.477 e. The summed E-state index contributed by atoms with van der Waals surface area (Å²) < 4.78 is 0. The first-order chi connectivity index (χ1) is 8.83. The summed E-state index contributed by atoms with van der Waals surface area (Å²) >= 11 is 0. The number of nitrogen functional groups attached to an aromatic ring is 1. The fourth-order valence-electron chi connectivity index (χ4n) is 2.17. The first-order valence-corrected chi connectivity index (χ1v) is 5.88. The van der Waals surface area contributed by atoms with E-state index >= 15 is 0 Å². The van der Waals surface area contributed by atoms with Crippen molar-refractivity contribution in [1.29, 1.82) is 0 Å². The SMILES string of the molecule is CC1(C(N)=O)CCN(c2nc(C(=O)O)ccc2N)C1. The van der Waals surface area contributed by atoms with Crippen LogP contribution < -0.4 is 16.4 Å². The van der Waals surface area contributed by atoms with Crippen LogP contribution in [0.1, 0.15) is 23.8 Å². The third-order valence-corrected chi connectivity index (χ3v) is 3.49. The van der Waals surface area contributed by atoms with Crippen LogP contribution in [0.4, 0.5) is 11.5 Å². The number of anilines is 2. The van der Waals surface area contributed by atoms with Crippen molar-refractivity contribution in [3.63, 3.8) is 0 Å². The smallest absolute Gasteiger partial charge is 0.354 e. The summed E-state index contributed by atoms with van der Waals surface area (Å²) in [6, 6.07) is 2.86. The van der Waals surface area contributed by atoms with Crippen molar-refractivity contribution in [2.24, 2.45) is 11.1 Å². The summed E-state index contributed by atoms with van der Waals surface area (Å²) in [6.07, 6.45) is 0.598. The molecule has 0 bridgehead atoms. The van der Waals surface area contributed by atoms with E-state index in [0.29, 0.717) is 31.0 Å². The van der Waals surface area contributed by atoms with Gasteiger partial charge >= 0.3 is 5.97 Å². The first-order valence-electron chi connectivity index (χ1n) is 5.88. The Morgan fingerprint density at radius 1 is 1.47 bits per heavy atom. The molecule has 1 fully saturated rings. The van der Waals surface area contributed by atoms with Gasteiger partial charge in [0.05, 0.1) is 11.1 Å². The van der Waals surface area contributed by atoms with Crippen LogP contribution in [0.25, 0.3) is 0 Å². The molecule has 102 valence electrons. The lowest BCUT2D eigenvalue weighted by Crippen LogP contribution is -2.37. The quantitative estimate of drug-likeness (QED) is 0.709. The van der Waals surface area contributed by atoms with E-state index in [4.69, 9.17) is 16.6 Å². The fourth-order valence-corrected chi connectivity index (χ4v) is 2.17. The van der Waals surface area contributed by atoms with Gasteiger partial charge in [0.1, 0.15) is 0 Å². The van der Waals surface area contributed by atoms with Gasteiger partial charge in [0, 0.05) is 13.1 Å². The lowest BCUT2D eigenvalue weighted by molar-refractivity contribution is -0.125. The Bertz CT molecular complexity index is 546. The lowest BCUT2D eigenvalue weighted by Gasteiger charge is -2.22. The van der Waals surface area contributed by atoms with Gasteiger partial charge in [0.2, 0.25) is 5.91 Å². The highest BCUT2D eigenvalue weighted by Gasteiger charge is 2.39. The minimum absolute atomic E-state index is 0.0723. The number of carboxylic acid groups (broad SMARTS) is 1.